The standard InChI is InChI=1S/C19H29NO2/c1-14-6-8-17(9-7-14)20-12-15(10-18(2,3)21)16(13-20)11-19(4,5)22/h6-9,21-22H,10-13H2,1-5H3. The zero-order chi connectivity index (χ0) is 16.5. The van der Waals surface area contributed by atoms with Gasteiger partial charge in [0.15, 0.2) is 0 Å². The number of hydrogen-bond donors (Lipinski definition) is 2. The van der Waals surface area contributed by atoms with Crippen molar-refractivity contribution < 1.29 is 10.2 Å². The summed E-state index contributed by atoms with van der Waals surface area (Å²) in [7, 11) is 0. The smallest absolute Gasteiger partial charge is 0.0629 e. The molecule has 1 heterocycles. The molecular weight excluding hydrogens is 274 g/mol. The predicted octanol–water partition coefficient (Wildman–Crippen LogP) is 3.43. The molecule has 22 heavy (non-hydrogen) atoms. The van der Waals surface area contributed by atoms with Crippen LogP contribution in [0.1, 0.15) is 46.1 Å². The van der Waals surface area contributed by atoms with Gasteiger partial charge in [-0.25, -0.2) is 0 Å². The molecule has 3 heteroatoms. The lowest BCUT2D eigenvalue weighted by Gasteiger charge is -2.21. The molecule has 0 radical (unpaired) electrons. The Hall–Kier alpha value is -1.32. The lowest BCUT2D eigenvalue weighted by atomic mass is 9.91. The molecule has 0 atom stereocenters. The van der Waals surface area contributed by atoms with Crippen LogP contribution in [0.25, 0.3) is 0 Å². The summed E-state index contributed by atoms with van der Waals surface area (Å²) < 4.78 is 0. The Kier molecular flexibility index (Phi) is 4.69. The van der Waals surface area contributed by atoms with E-state index in [1.54, 1.807) is 0 Å². The fraction of sp³-hybridized carbons (Fsp3) is 0.579. The molecule has 0 bridgehead atoms. The second kappa shape index (κ2) is 6.05. The second-order valence-electron chi connectivity index (χ2n) is 7.88. The first kappa shape index (κ1) is 17.0. The van der Waals surface area contributed by atoms with Crippen molar-refractivity contribution in [2.75, 3.05) is 18.0 Å². The highest BCUT2D eigenvalue weighted by Crippen LogP contribution is 2.33. The summed E-state index contributed by atoms with van der Waals surface area (Å²) in [6.45, 7) is 11.1. The SMILES string of the molecule is Cc1ccc(N2CC(CC(C)(C)O)=C(CC(C)(C)O)C2)cc1. The summed E-state index contributed by atoms with van der Waals surface area (Å²) >= 11 is 0. The number of anilines is 1. The molecule has 0 amide bonds. The van der Waals surface area contributed by atoms with Crippen LogP contribution in [0.15, 0.2) is 35.4 Å². The zero-order valence-electron chi connectivity index (χ0n) is 14.5. The van der Waals surface area contributed by atoms with Crippen molar-refractivity contribution in [2.45, 2.75) is 58.7 Å². The largest absolute Gasteiger partial charge is 0.390 e. The maximum atomic E-state index is 10.2. The molecule has 0 saturated heterocycles. The first-order chi connectivity index (χ1) is 10.0. The van der Waals surface area contributed by atoms with E-state index >= 15 is 0 Å². The van der Waals surface area contributed by atoms with Crippen molar-refractivity contribution in [3.63, 3.8) is 0 Å². The van der Waals surface area contributed by atoms with Crippen molar-refractivity contribution in [3.05, 3.63) is 41.0 Å². The van der Waals surface area contributed by atoms with Crippen LogP contribution in [0.3, 0.4) is 0 Å². The van der Waals surface area contributed by atoms with E-state index in [0.717, 1.165) is 13.1 Å². The molecule has 2 rings (SSSR count). The van der Waals surface area contributed by atoms with Gasteiger partial charge in [-0.3, -0.25) is 0 Å². The highest BCUT2D eigenvalue weighted by molar-refractivity contribution is 5.53. The Morgan fingerprint density at radius 2 is 1.27 bits per heavy atom. The molecule has 1 aliphatic heterocycles. The van der Waals surface area contributed by atoms with Gasteiger partial charge in [-0.2, -0.15) is 0 Å². The second-order valence-corrected chi connectivity index (χ2v) is 7.88. The van der Waals surface area contributed by atoms with E-state index in [1.807, 2.05) is 27.7 Å². The van der Waals surface area contributed by atoms with E-state index in [9.17, 15) is 10.2 Å². The number of aryl methyl sites for hydroxylation is 1. The van der Waals surface area contributed by atoms with Crippen molar-refractivity contribution in [2.24, 2.45) is 0 Å². The van der Waals surface area contributed by atoms with Crippen LogP contribution >= 0.6 is 0 Å². The number of hydrogen-bond acceptors (Lipinski definition) is 3. The molecule has 1 aromatic carbocycles. The quantitative estimate of drug-likeness (QED) is 0.819. The lowest BCUT2D eigenvalue weighted by molar-refractivity contribution is 0.0750. The molecule has 3 nitrogen and oxygen atoms in total. The van der Waals surface area contributed by atoms with E-state index in [2.05, 4.69) is 36.1 Å². The third-order valence-electron chi connectivity index (χ3n) is 3.95. The summed E-state index contributed by atoms with van der Waals surface area (Å²) in [6, 6.07) is 8.53. The maximum Gasteiger partial charge on any atom is 0.0629 e. The van der Waals surface area contributed by atoms with E-state index in [1.165, 1.54) is 22.4 Å². The Balaban J connectivity index is 2.20. The van der Waals surface area contributed by atoms with Gasteiger partial charge < -0.3 is 15.1 Å². The van der Waals surface area contributed by atoms with Crippen LogP contribution in [0.5, 0.6) is 0 Å². The molecule has 0 spiro atoms. The topological polar surface area (TPSA) is 43.7 Å². The van der Waals surface area contributed by atoms with Crippen LogP contribution in [-0.2, 0) is 0 Å². The Bertz CT molecular complexity index is 516. The fourth-order valence-electron chi connectivity index (χ4n) is 3.08. The molecule has 0 aliphatic carbocycles. The lowest BCUT2D eigenvalue weighted by Crippen LogP contribution is -2.24. The van der Waals surface area contributed by atoms with Gasteiger partial charge in [-0.1, -0.05) is 17.7 Å². The molecule has 0 fully saturated rings. The van der Waals surface area contributed by atoms with Crippen molar-refractivity contribution in [3.8, 4) is 0 Å². The van der Waals surface area contributed by atoms with Gasteiger partial charge in [-0.05, 0) is 70.7 Å². The van der Waals surface area contributed by atoms with Gasteiger partial charge >= 0.3 is 0 Å². The minimum Gasteiger partial charge on any atom is -0.390 e. The molecule has 0 aromatic heterocycles. The van der Waals surface area contributed by atoms with Gasteiger partial charge in [0.2, 0.25) is 0 Å². The normalized spacial score (nSPS) is 16.6. The van der Waals surface area contributed by atoms with Gasteiger partial charge in [0.05, 0.1) is 11.2 Å². The Labute approximate surface area is 134 Å². The number of nitrogens with zero attached hydrogens (tertiary/aromatic N) is 1. The third kappa shape index (κ3) is 4.85. The average Bonchev–Trinajstić information content (AvgIpc) is 2.68. The van der Waals surface area contributed by atoms with Crippen LogP contribution in [0.4, 0.5) is 5.69 Å². The molecule has 1 aliphatic rings. The summed E-state index contributed by atoms with van der Waals surface area (Å²) in [6.07, 6.45) is 1.31. The number of aliphatic hydroxyl groups is 2. The van der Waals surface area contributed by atoms with Crippen LogP contribution in [0, 0.1) is 6.92 Å². The van der Waals surface area contributed by atoms with Crippen molar-refractivity contribution in [1.29, 1.82) is 0 Å². The van der Waals surface area contributed by atoms with Crippen molar-refractivity contribution >= 4 is 5.69 Å². The number of rotatable bonds is 5. The molecule has 1 aromatic rings. The van der Waals surface area contributed by atoms with Gasteiger partial charge in [0, 0.05) is 18.8 Å². The summed E-state index contributed by atoms with van der Waals surface area (Å²) in [5.74, 6) is 0. The van der Waals surface area contributed by atoms with E-state index in [-0.39, 0.29) is 0 Å². The third-order valence-corrected chi connectivity index (χ3v) is 3.95. The van der Waals surface area contributed by atoms with Crippen LogP contribution in [-0.4, -0.2) is 34.5 Å². The van der Waals surface area contributed by atoms with Gasteiger partial charge in [0.1, 0.15) is 0 Å². The van der Waals surface area contributed by atoms with Gasteiger partial charge in [-0.15, -0.1) is 0 Å². The minimum atomic E-state index is -0.719. The maximum absolute atomic E-state index is 10.2. The molecule has 0 saturated carbocycles. The monoisotopic (exact) mass is 303 g/mol. The first-order valence-corrected chi connectivity index (χ1v) is 8.00. The first-order valence-electron chi connectivity index (χ1n) is 8.00. The predicted molar refractivity (Wildman–Crippen MR) is 92.2 cm³/mol. The van der Waals surface area contributed by atoms with Crippen molar-refractivity contribution in [1.82, 2.24) is 0 Å². The molecule has 0 unspecified atom stereocenters. The summed E-state index contributed by atoms with van der Waals surface area (Å²) in [5, 5.41) is 20.3. The summed E-state index contributed by atoms with van der Waals surface area (Å²) in [4.78, 5) is 2.32. The van der Waals surface area contributed by atoms with Gasteiger partial charge in [0.25, 0.3) is 0 Å². The zero-order valence-corrected chi connectivity index (χ0v) is 14.5. The fourth-order valence-corrected chi connectivity index (χ4v) is 3.08. The minimum absolute atomic E-state index is 0.654. The van der Waals surface area contributed by atoms with Crippen LogP contribution in [0.2, 0.25) is 0 Å². The summed E-state index contributed by atoms with van der Waals surface area (Å²) in [5.41, 5.74) is 3.53. The van der Waals surface area contributed by atoms with Crippen LogP contribution < -0.4 is 4.90 Å². The number of benzene rings is 1. The molecule has 122 valence electrons. The highest BCUT2D eigenvalue weighted by Gasteiger charge is 2.29. The Morgan fingerprint density at radius 1 is 0.864 bits per heavy atom. The van der Waals surface area contributed by atoms with E-state index < -0.39 is 11.2 Å². The van der Waals surface area contributed by atoms with E-state index in [0.29, 0.717) is 12.8 Å². The average molecular weight is 303 g/mol. The molecular formula is C19H29NO2. The Morgan fingerprint density at radius 3 is 1.64 bits per heavy atom. The highest BCUT2D eigenvalue weighted by atomic mass is 16.3. The molecule has 2 N–H and O–H groups in total. The van der Waals surface area contributed by atoms with E-state index in [4.69, 9.17) is 0 Å².